The molecule has 1 aliphatic carbocycles. The molecule has 1 heteroatoms. The van der Waals surface area contributed by atoms with Gasteiger partial charge in [0, 0.05) is 9.79 Å². The highest BCUT2D eigenvalue weighted by Gasteiger charge is 2.31. The molecule has 0 N–H and O–H groups in total. The van der Waals surface area contributed by atoms with Crippen LogP contribution in [0.3, 0.4) is 0 Å². The van der Waals surface area contributed by atoms with Gasteiger partial charge in [-0.25, -0.2) is 0 Å². The fourth-order valence-corrected chi connectivity index (χ4v) is 8.11. The van der Waals surface area contributed by atoms with Crippen LogP contribution in [0.5, 0.6) is 0 Å². The van der Waals surface area contributed by atoms with Crippen LogP contribution in [0.1, 0.15) is 0 Å². The number of rotatable bonds is 5. The Balaban J connectivity index is 1.34. The third-order valence-electron chi connectivity index (χ3n) is 9.04. The average Bonchev–Trinajstić information content (AvgIpc) is 3.43. The maximum Gasteiger partial charge on any atom is 0.0128 e. The van der Waals surface area contributed by atoms with Crippen LogP contribution >= 0.6 is 11.8 Å². The number of fused-ring (bicyclic) bond motifs is 4. The van der Waals surface area contributed by atoms with Gasteiger partial charge in [0.15, 0.2) is 0 Å². The first-order valence-electron chi connectivity index (χ1n) is 15.4. The number of hydrogen-bond donors (Lipinski definition) is 0. The minimum Gasteiger partial charge on any atom is -0.0901 e. The molecule has 0 nitrogen and oxygen atoms in total. The fourth-order valence-electron chi connectivity index (χ4n) is 7.21. The Labute approximate surface area is 267 Å². The van der Waals surface area contributed by atoms with Crippen molar-refractivity contribution in [3.63, 3.8) is 0 Å². The van der Waals surface area contributed by atoms with Crippen molar-refractivity contribution in [2.45, 2.75) is 9.79 Å². The smallest absolute Gasteiger partial charge is 0.0128 e. The lowest BCUT2D eigenvalue weighted by Gasteiger charge is -2.20. The lowest BCUT2D eigenvalue weighted by Crippen LogP contribution is -1.93. The summed E-state index contributed by atoms with van der Waals surface area (Å²) in [5.74, 6) is 0. The molecule has 0 unspecified atom stereocenters. The minimum absolute atomic E-state index is 1.24. The molecular weight excluding hydrogens is 561 g/mol. The van der Waals surface area contributed by atoms with Gasteiger partial charge in [-0.2, -0.15) is 0 Å². The Bertz CT molecular complexity index is 2280. The topological polar surface area (TPSA) is 0 Å². The van der Waals surface area contributed by atoms with E-state index in [0.717, 1.165) is 0 Å². The quantitative estimate of drug-likeness (QED) is 0.193. The molecule has 8 aromatic carbocycles. The van der Waals surface area contributed by atoms with Gasteiger partial charge in [-0.1, -0.05) is 157 Å². The van der Waals surface area contributed by atoms with Gasteiger partial charge in [0.25, 0.3) is 0 Å². The summed E-state index contributed by atoms with van der Waals surface area (Å²) in [6, 6.07) is 62.0. The first-order valence-corrected chi connectivity index (χ1v) is 16.3. The Hall–Kier alpha value is -5.37. The van der Waals surface area contributed by atoms with E-state index in [9.17, 15) is 0 Å². The van der Waals surface area contributed by atoms with Gasteiger partial charge >= 0.3 is 0 Å². The summed E-state index contributed by atoms with van der Waals surface area (Å²) in [7, 11) is 0. The summed E-state index contributed by atoms with van der Waals surface area (Å²) >= 11 is 1.81. The normalized spacial score (nSPS) is 11.6. The summed E-state index contributed by atoms with van der Waals surface area (Å²) in [5, 5.41) is 5.22. The minimum atomic E-state index is 1.24. The van der Waals surface area contributed by atoms with E-state index in [0.29, 0.717) is 0 Å². The second-order valence-electron chi connectivity index (χ2n) is 11.6. The Morgan fingerprint density at radius 3 is 1.40 bits per heavy atom. The van der Waals surface area contributed by atoms with Crippen molar-refractivity contribution in [2.24, 2.45) is 0 Å². The van der Waals surface area contributed by atoms with E-state index < -0.39 is 0 Å². The highest BCUT2D eigenvalue weighted by Crippen LogP contribution is 2.58. The highest BCUT2D eigenvalue weighted by atomic mass is 32.2. The number of hydrogen-bond acceptors (Lipinski definition) is 1. The first kappa shape index (κ1) is 26.1. The molecule has 0 bridgehead atoms. The average molecular weight is 589 g/mol. The maximum atomic E-state index is 2.37. The molecular formula is C44H28S. The van der Waals surface area contributed by atoms with Crippen LogP contribution in [0.15, 0.2) is 180 Å². The molecule has 0 aromatic heterocycles. The predicted octanol–water partition coefficient (Wildman–Crippen LogP) is 12.8. The third kappa shape index (κ3) is 4.23. The molecule has 0 saturated heterocycles. The Morgan fingerprint density at radius 1 is 0.289 bits per heavy atom. The van der Waals surface area contributed by atoms with Crippen molar-refractivity contribution >= 4 is 33.3 Å². The third-order valence-corrected chi connectivity index (χ3v) is 10.0. The van der Waals surface area contributed by atoms with E-state index in [1.54, 1.807) is 0 Å². The summed E-state index contributed by atoms with van der Waals surface area (Å²) in [6.45, 7) is 0. The van der Waals surface area contributed by atoms with E-state index in [1.807, 2.05) is 11.8 Å². The first-order chi connectivity index (χ1) is 22.3. The van der Waals surface area contributed by atoms with Crippen LogP contribution in [0.25, 0.3) is 77.2 Å². The molecule has 210 valence electrons. The molecule has 0 amide bonds. The largest absolute Gasteiger partial charge is 0.0901 e. The molecule has 0 saturated carbocycles. The molecule has 0 radical (unpaired) electrons. The predicted molar refractivity (Wildman–Crippen MR) is 193 cm³/mol. The second kappa shape index (κ2) is 10.7. The lowest BCUT2D eigenvalue weighted by molar-refractivity contribution is 1.41. The zero-order valence-electron chi connectivity index (χ0n) is 24.6. The summed E-state index contributed by atoms with van der Waals surface area (Å²) in [4.78, 5) is 2.49. The molecule has 45 heavy (non-hydrogen) atoms. The van der Waals surface area contributed by atoms with Gasteiger partial charge < -0.3 is 0 Å². The fraction of sp³-hybridized carbons (Fsp3) is 0. The van der Waals surface area contributed by atoms with Crippen molar-refractivity contribution in [1.29, 1.82) is 0 Å². The highest BCUT2D eigenvalue weighted by molar-refractivity contribution is 7.99. The lowest BCUT2D eigenvalue weighted by atomic mass is 9.82. The van der Waals surface area contributed by atoms with E-state index in [4.69, 9.17) is 0 Å². The summed E-state index contributed by atoms with van der Waals surface area (Å²) in [6.07, 6.45) is 0. The van der Waals surface area contributed by atoms with E-state index in [-0.39, 0.29) is 0 Å². The SMILES string of the molecule is c1ccc(Sc2cccc(-c3ccc4c5c(cccc35)-c3c-4c(-c4ccccc4)c4ccccc4c3-c3ccccc3)c2)cc1. The summed E-state index contributed by atoms with van der Waals surface area (Å²) in [5.41, 5.74) is 12.9. The van der Waals surface area contributed by atoms with Crippen molar-refractivity contribution in [2.75, 3.05) is 0 Å². The zero-order valence-corrected chi connectivity index (χ0v) is 25.4. The van der Waals surface area contributed by atoms with Crippen LogP contribution in [0.4, 0.5) is 0 Å². The Kier molecular flexibility index (Phi) is 6.18. The van der Waals surface area contributed by atoms with E-state index in [2.05, 4.69) is 170 Å². The van der Waals surface area contributed by atoms with Gasteiger partial charge in [0.05, 0.1) is 0 Å². The zero-order chi connectivity index (χ0) is 29.7. The van der Waals surface area contributed by atoms with Crippen molar-refractivity contribution < 1.29 is 0 Å². The molecule has 8 aromatic rings. The maximum absolute atomic E-state index is 2.37. The van der Waals surface area contributed by atoms with E-state index >= 15 is 0 Å². The van der Waals surface area contributed by atoms with Gasteiger partial charge in [-0.15, -0.1) is 0 Å². The van der Waals surface area contributed by atoms with Crippen LogP contribution in [-0.4, -0.2) is 0 Å². The molecule has 0 heterocycles. The van der Waals surface area contributed by atoms with Crippen molar-refractivity contribution in [3.8, 4) is 55.6 Å². The monoisotopic (exact) mass is 588 g/mol. The van der Waals surface area contributed by atoms with Gasteiger partial charge in [-0.05, 0) is 101 Å². The van der Waals surface area contributed by atoms with Crippen LogP contribution in [0, 0.1) is 0 Å². The van der Waals surface area contributed by atoms with Gasteiger partial charge in [0.2, 0.25) is 0 Å². The Morgan fingerprint density at radius 2 is 0.756 bits per heavy atom. The molecule has 0 spiro atoms. The van der Waals surface area contributed by atoms with Crippen LogP contribution in [-0.2, 0) is 0 Å². The van der Waals surface area contributed by atoms with Crippen LogP contribution in [0.2, 0.25) is 0 Å². The molecule has 0 atom stereocenters. The molecule has 1 aliphatic rings. The van der Waals surface area contributed by atoms with Gasteiger partial charge in [0.1, 0.15) is 0 Å². The number of benzene rings is 8. The molecule has 9 rings (SSSR count). The van der Waals surface area contributed by atoms with Crippen LogP contribution < -0.4 is 0 Å². The van der Waals surface area contributed by atoms with E-state index in [1.165, 1.54) is 87.0 Å². The van der Waals surface area contributed by atoms with Crippen molar-refractivity contribution in [1.82, 2.24) is 0 Å². The standard InChI is InChI=1S/C44H28S/c1-4-14-29(15-5-1)40-36-22-10-11-23-37(36)41(30-16-6-2-7-17-30)44-39-27-26-34(35-24-13-25-38(42(35)39)43(40)44)31-18-12-21-33(28-31)45-32-19-8-3-9-20-32/h1-28H. The molecule has 0 aliphatic heterocycles. The summed E-state index contributed by atoms with van der Waals surface area (Å²) < 4.78 is 0. The second-order valence-corrected chi connectivity index (χ2v) is 12.8. The van der Waals surface area contributed by atoms with Crippen molar-refractivity contribution in [3.05, 3.63) is 170 Å². The van der Waals surface area contributed by atoms with Gasteiger partial charge in [-0.3, -0.25) is 0 Å². The molecule has 0 fully saturated rings.